The maximum atomic E-state index is 11.6. The molecule has 0 saturated heterocycles. The fraction of sp³-hybridized carbons (Fsp3) is 0.385. The van der Waals surface area contributed by atoms with Crippen LogP contribution in [0.3, 0.4) is 0 Å². The third-order valence-electron chi connectivity index (χ3n) is 2.79. The second-order valence-corrected chi connectivity index (χ2v) is 4.44. The number of para-hydroxylation sites is 1. The molecule has 0 aromatic heterocycles. The van der Waals surface area contributed by atoms with Crippen molar-refractivity contribution < 1.29 is 19.6 Å². The number of aromatic carboxylic acids is 1. The number of carbonyl (C=O) groups excluding carboxylic acids is 1. The van der Waals surface area contributed by atoms with Crippen LogP contribution < -0.4 is 10.2 Å². The number of nitro groups is 1. The molecule has 1 aromatic carbocycles. The summed E-state index contributed by atoms with van der Waals surface area (Å²) in [6.07, 6.45) is 0.782. The van der Waals surface area contributed by atoms with E-state index in [-0.39, 0.29) is 18.1 Å². The van der Waals surface area contributed by atoms with Gasteiger partial charge in [-0.2, -0.15) is 0 Å². The number of rotatable bonds is 7. The summed E-state index contributed by atoms with van der Waals surface area (Å²) in [5.41, 5.74) is -0.833. The van der Waals surface area contributed by atoms with Gasteiger partial charge in [0.25, 0.3) is 0 Å². The molecule has 8 nitrogen and oxygen atoms in total. The molecule has 8 heteroatoms. The zero-order valence-electron chi connectivity index (χ0n) is 11.8. The Morgan fingerprint density at radius 3 is 2.62 bits per heavy atom. The van der Waals surface area contributed by atoms with Gasteiger partial charge in [0.15, 0.2) is 0 Å². The van der Waals surface area contributed by atoms with E-state index in [1.165, 1.54) is 24.1 Å². The molecule has 21 heavy (non-hydrogen) atoms. The highest BCUT2D eigenvalue weighted by Crippen LogP contribution is 2.31. The van der Waals surface area contributed by atoms with Gasteiger partial charge in [-0.3, -0.25) is 14.9 Å². The number of nitrogens with zero attached hydrogens (tertiary/aromatic N) is 2. The second kappa shape index (κ2) is 7.22. The normalized spacial score (nSPS) is 10.0. The summed E-state index contributed by atoms with van der Waals surface area (Å²) in [6.45, 7) is 2.33. The summed E-state index contributed by atoms with van der Waals surface area (Å²) in [6, 6.07) is 3.98. The molecule has 0 unspecified atom stereocenters. The molecule has 0 aliphatic carbocycles. The molecule has 0 aliphatic rings. The molecule has 0 atom stereocenters. The van der Waals surface area contributed by atoms with E-state index in [0.29, 0.717) is 6.54 Å². The number of hydrogen-bond acceptors (Lipinski definition) is 5. The number of nitrogens with one attached hydrogen (secondary N) is 1. The summed E-state index contributed by atoms with van der Waals surface area (Å²) in [7, 11) is 1.50. The number of carbonyl (C=O) groups is 2. The smallest absolute Gasteiger partial charge is 0.342 e. The minimum absolute atomic E-state index is 0.0894. The first-order valence-electron chi connectivity index (χ1n) is 6.37. The zero-order valence-corrected chi connectivity index (χ0v) is 11.8. The van der Waals surface area contributed by atoms with E-state index < -0.39 is 22.1 Å². The van der Waals surface area contributed by atoms with Gasteiger partial charge >= 0.3 is 11.7 Å². The lowest BCUT2D eigenvalue weighted by Gasteiger charge is -2.19. The molecule has 2 N–H and O–H groups in total. The zero-order chi connectivity index (χ0) is 16.0. The highest BCUT2D eigenvalue weighted by Gasteiger charge is 2.26. The van der Waals surface area contributed by atoms with Gasteiger partial charge in [0, 0.05) is 13.6 Å². The Labute approximate surface area is 121 Å². The number of carboxylic acids is 1. The number of nitro benzene ring substituents is 1. The summed E-state index contributed by atoms with van der Waals surface area (Å²) in [5, 5.41) is 22.8. The Balaban J connectivity index is 3.06. The van der Waals surface area contributed by atoms with E-state index in [1.54, 1.807) is 0 Å². The van der Waals surface area contributed by atoms with E-state index in [0.717, 1.165) is 12.5 Å². The summed E-state index contributed by atoms with van der Waals surface area (Å²) in [5.74, 6) is -1.67. The number of hydrogen-bond donors (Lipinski definition) is 2. The Bertz CT molecular complexity index is 559. The van der Waals surface area contributed by atoms with Crippen molar-refractivity contribution in [3.63, 3.8) is 0 Å². The molecular weight excluding hydrogens is 278 g/mol. The van der Waals surface area contributed by atoms with Crippen LogP contribution in [0.25, 0.3) is 0 Å². The quantitative estimate of drug-likeness (QED) is 0.578. The molecular formula is C13H17N3O5. The maximum Gasteiger partial charge on any atom is 0.342 e. The van der Waals surface area contributed by atoms with Crippen LogP contribution in [0, 0.1) is 10.1 Å². The van der Waals surface area contributed by atoms with Crippen LogP contribution >= 0.6 is 0 Å². The average molecular weight is 295 g/mol. The van der Waals surface area contributed by atoms with Crippen LogP contribution in [-0.4, -0.2) is 42.0 Å². The molecule has 0 radical (unpaired) electrons. The van der Waals surface area contributed by atoms with Crippen molar-refractivity contribution in [3.8, 4) is 0 Å². The Morgan fingerprint density at radius 2 is 2.10 bits per heavy atom. The minimum atomic E-state index is -1.38. The van der Waals surface area contributed by atoms with Gasteiger partial charge in [0.1, 0.15) is 11.3 Å². The van der Waals surface area contributed by atoms with Gasteiger partial charge in [-0.05, 0) is 18.6 Å². The van der Waals surface area contributed by atoms with E-state index in [2.05, 4.69) is 5.32 Å². The van der Waals surface area contributed by atoms with Crippen molar-refractivity contribution in [1.82, 2.24) is 5.32 Å². The van der Waals surface area contributed by atoms with E-state index in [9.17, 15) is 19.7 Å². The lowest BCUT2D eigenvalue weighted by atomic mass is 10.1. The van der Waals surface area contributed by atoms with Gasteiger partial charge in [-0.15, -0.1) is 0 Å². The van der Waals surface area contributed by atoms with E-state index in [4.69, 9.17) is 5.11 Å². The highest BCUT2D eigenvalue weighted by atomic mass is 16.6. The van der Waals surface area contributed by atoms with Crippen molar-refractivity contribution in [2.75, 3.05) is 25.0 Å². The standard InChI is InChI=1S/C13H17N3O5/c1-3-7-14-11(17)8-15(2)10-6-4-5-9(13(18)19)12(10)16(20)21/h4-6H,3,7-8H2,1-2H3,(H,14,17)(H,18,19). The fourth-order valence-electron chi connectivity index (χ4n) is 1.82. The van der Waals surface area contributed by atoms with Gasteiger partial charge in [0.05, 0.1) is 11.5 Å². The summed E-state index contributed by atoms with van der Waals surface area (Å²) in [4.78, 5) is 34.4. The maximum absolute atomic E-state index is 11.6. The van der Waals surface area contributed by atoms with Gasteiger partial charge in [0.2, 0.25) is 5.91 Å². The van der Waals surface area contributed by atoms with Crippen molar-refractivity contribution in [3.05, 3.63) is 33.9 Å². The van der Waals surface area contributed by atoms with Crippen LogP contribution in [0.2, 0.25) is 0 Å². The lowest BCUT2D eigenvalue weighted by Crippen LogP contribution is -2.35. The third-order valence-corrected chi connectivity index (χ3v) is 2.79. The molecule has 0 spiro atoms. The molecule has 114 valence electrons. The van der Waals surface area contributed by atoms with Crippen LogP contribution in [0.5, 0.6) is 0 Å². The molecule has 0 bridgehead atoms. The lowest BCUT2D eigenvalue weighted by molar-refractivity contribution is -0.384. The van der Waals surface area contributed by atoms with Gasteiger partial charge in [-0.1, -0.05) is 13.0 Å². The minimum Gasteiger partial charge on any atom is -0.477 e. The predicted molar refractivity (Wildman–Crippen MR) is 76.6 cm³/mol. The van der Waals surface area contributed by atoms with Gasteiger partial charge in [-0.25, -0.2) is 4.79 Å². The predicted octanol–water partition coefficient (Wildman–Crippen LogP) is 1.26. The van der Waals surface area contributed by atoms with Crippen molar-refractivity contribution in [2.45, 2.75) is 13.3 Å². The monoisotopic (exact) mass is 295 g/mol. The molecule has 1 amide bonds. The second-order valence-electron chi connectivity index (χ2n) is 4.44. The fourth-order valence-corrected chi connectivity index (χ4v) is 1.82. The third kappa shape index (κ3) is 4.16. The van der Waals surface area contributed by atoms with Crippen LogP contribution in [0.1, 0.15) is 23.7 Å². The number of amides is 1. The summed E-state index contributed by atoms with van der Waals surface area (Å²) >= 11 is 0. The van der Waals surface area contributed by atoms with Crippen LogP contribution in [-0.2, 0) is 4.79 Å². The van der Waals surface area contributed by atoms with Crippen LogP contribution in [0.4, 0.5) is 11.4 Å². The SMILES string of the molecule is CCCNC(=O)CN(C)c1cccc(C(=O)O)c1[N+](=O)[O-]. The Kier molecular flexibility index (Phi) is 5.65. The van der Waals surface area contributed by atoms with Crippen molar-refractivity contribution >= 4 is 23.3 Å². The number of benzene rings is 1. The molecule has 0 aliphatic heterocycles. The Morgan fingerprint density at radius 1 is 1.43 bits per heavy atom. The first-order chi connectivity index (χ1) is 9.88. The van der Waals surface area contributed by atoms with Crippen molar-refractivity contribution in [2.24, 2.45) is 0 Å². The molecule has 0 fully saturated rings. The molecule has 1 aromatic rings. The summed E-state index contributed by atoms with van der Waals surface area (Å²) < 4.78 is 0. The van der Waals surface area contributed by atoms with Gasteiger partial charge < -0.3 is 15.3 Å². The number of carboxylic acid groups (broad SMARTS) is 1. The van der Waals surface area contributed by atoms with E-state index >= 15 is 0 Å². The number of likely N-dealkylation sites (N-methyl/N-ethyl adjacent to an activating group) is 1. The molecule has 0 saturated carbocycles. The highest BCUT2D eigenvalue weighted by molar-refractivity contribution is 5.96. The number of anilines is 1. The largest absolute Gasteiger partial charge is 0.477 e. The van der Waals surface area contributed by atoms with Crippen molar-refractivity contribution in [1.29, 1.82) is 0 Å². The topological polar surface area (TPSA) is 113 Å². The van der Waals surface area contributed by atoms with E-state index in [1.807, 2.05) is 6.92 Å². The first kappa shape index (κ1) is 16.4. The Hall–Kier alpha value is -2.64. The molecule has 0 heterocycles. The average Bonchev–Trinajstić information content (AvgIpc) is 2.43. The first-order valence-corrected chi connectivity index (χ1v) is 6.37. The van der Waals surface area contributed by atoms with Crippen LogP contribution in [0.15, 0.2) is 18.2 Å². The molecule has 1 rings (SSSR count).